The highest BCUT2D eigenvalue weighted by molar-refractivity contribution is 9.10. The van der Waals surface area contributed by atoms with Crippen LogP contribution in [0.2, 0.25) is 0 Å². The van der Waals surface area contributed by atoms with Gasteiger partial charge < -0.3 is 45.1 Å². The van der Waals surface area contributed by atoms with Crippen LogP contribution in [0.25, 0.3) is 33.8 Å². The number of halogens is 1. The van der Waals surface area contributed by atoms with Crippen molar-refractivity contribution in [3.8, 4) is 46.2 Å². The zero-order chi connectivity index (χ0) is 57.0. The number of nitrogens with zero attached hydrogens (tertiary/aromatic N) is 6. The standard InChI is InChI=1S/C31H33BrN6O3.C31H34N4O3/c1-19(2)41-27-12-11-22(15-23(27)16-33)29(39)36-24(17-35-30(40)31(3,4)34)14-20-7-9-21(10-8-20)26-18-38-13-5-6-25(32)28(38)37-26;1-20(2)27-6-5-14-35-19-28(34-30(27)35)23-9-7-22(8-10-23)16-26(13-15-36)33-31(37)24-11-12-29(38-21(3)4)25(17-24)18-32/h5-13,15,18-19,24H,14,17,34H2,1-4H3,(H,35,40)(H,36,39);5-12,14,17,19-21,26,36H,13,15-16H2,1-4H3,(H,33,37). The van der Waals surface area contributed by atoms with Gasteiger partial charge in [-0.2, -0.15) is 10.5 Å². The number of aliphatic hydroxyl groups excluding tert-OH is 1. The molecule has 0 bridgehead atoms. The van der Waals surface area contributed by atoms with Crippen LogP contribution < -0.4 is 31.2 Å². The van der Waals surface area contributed by atoms with Gasteiger partial charge in [-0.15, -0.1) is 0 Å². The number of rotatable bonds is 20. The number of nitrogens with one attached hydrogen (secondary N) is 3. The predicted molar refractivity (Wildman–Crippen MR) is 310 cm³/mol. The smallest absolute Gasteiger partial charge is 0.251 e. The van der Waals surface area contributed by atoms with Gasteiger partial charge in [-0.05, 0) is 154 Å². The molecule has 0 saturated carbocycles. The number of hydrogen-bond acceptors (Lipinski definition) is 11. The van der Waals surface area contributed by atoms with Crippen LogP contribution in [0.15, 0.2) is 138 Å². The number of nitrogens with two attached hydrogens (primary N) is 1. The first-order valence-corrected chi connectivity index (χ1v) is 27.0. The minimum absolute atomic E-state index is 0.0485. The van der Waals surface area contributed by atoms with E-state index in [1.54, 1.807) is 38.1 Å². The van der Waals surface area contributed by atoms with E-state index in [1.807, 2.05) is 124 Å². The third-order valence-corrected chi connectivity index (χ3v) is 13.3. The molecule has 0 aliphatic rings. The van der Waals surface area contributed by atoms with Gasteiger partial charge in [-0.3, -0.25) is 14.4 Å². The van der Waals surface area contributed by atoms with E-state index in [2.05, 4.69) is 68.3 Å². The average molecular weight is 1130 g/mol. The minimum atomic E-state index is -1.06. The molecule has 4 aromatic carbocycles. The monoisotopic (exact) mass is 1130 g/mol. The van der Waals surface area contributed by atoms with Crippen molar-refractivity contribution >= 4 is 44.9 Å². The van der Waals surface area contributed by atoms with Crippen LogP contribution in [0.5, 0.6) is 11.5 Å². The van der Waals surface area contributed by atoms with Crippen LogP contribution in [0.1, 0.15) is 116 Å². The molecule has 0 radical (unpaired) electrons. The molecule has 8 rings (SSSR count). The number of nitriles is 2. The van der Waals surface area contributed by atoms with Crippen molar-refractivity contribution in [3.05, 3.63) is 177 Å². The van der Waals surface area contributed by atoms with Crippen LogP contribution in [-0.4, -0.2) is 84.6 Å². The maximum absolute atomic E-state index is 13.2. The number of carbonyl (C=O) groups is 3. The van der Waals surface area contributed by atoms with Crippen molar-refractivity contribution in [2.24, 2.45) is 5.73 Å². The second-order valence-corrected chi connectivity index (χ2v) is 21.6. The maximum atomic E-state index is 13.2. The lowest BCUT2D eigenvalue weighted by Gasteiger charge is -2.23. The van der Waals surface area contributed by atoms with Crippen molar-refractivity contribution in [2.45, 2.75) is 110 Å². The summed E-state index contributed by atoms with van der Waals surface area (Å²) in [5.74, 6) is 0.275. The van der Waals surface area contributed by atoms with E-state index in [0.29, 0.717) is 53.4 Å². The summed E-state index contributed by atoms with van der Waals surface area (Å²) in [5.41, 5.74) is 14.9. The summed E-state index contributed by atoms with van der Waals surface area (Å²) in [7, 11) is 0. The highest BCUT2D eigenvalue weighted by Crippen LogP contribution is 2.28. The first-order chi connectivity index (χ1) is 37.7. The summed E-state index contributed by atoms with van der Waals surface area (Å²) in [5, 5.41) is 37.5. The number of ether oxygens (including phenoxy) is 2. The summed E-state index contributed by atoms with van der Waals surface area (Å²) < 4.78 is 16.3. The molecule has 79 heavy (non-hydrogen) atoms. The Morgan fingerprint density at radius 1 is 0.684 bits per heavy atom. The summed E-state index contributed by atoms with van der Waals surface area (Å²) in [4.78, 5) is 48.3. The molecule has 0 spiro atoms. The topological polar surface area (TPSA) is 234 Å². The number of fused-ring (bicyclic) bond motifs is 2. The molecule has 16 nitrogen and oxygen atoms in total. The quantitative estimate of drug-likeness (QED) is 0.0482. The molecule has 0 fully saturated rings. The lowest BCUT2D eigenvalue weighted by molar-refractivity contribution is -0.125. The summed E-state index contributed by atoms with van der Waals surface area (Å²) >= 11 is 3.54. The first-order valence-electron chi connectivity index (χ1n) is 26.2. The van der Waals surface area contributed by atoms with Crippen molar-refractivity contribution in [2.75, 3.05) is 13.2 Å². The molecule has 2 atom stereocenters. The average Bonchev–Trinajstić information content (AvgIpc) is 4.12. The summed E-state index contributed by atoms with van der Waals surface area (Å²) in [6, 6.07) is 37.2. The van der Waals surface area contributed by atoms with Crippen LogP contribution >= 0.6 is 15.9 Å². The number of aromatic nitrogens is 4. The van der Waals surface area contributed by atoms with Gasteiger partial charge in [0.1, 0.15) is 29.3 Å². The number of benzene rings is 4. The van der Waals surface area contributed by atoms with Crippen molar-refractivity contribution in [1.29, 1.82) is 10.5 Å². The Labute approximate surface area is 469 Å². The summed E-state index contributed by atoms with van der Waals surface area (Å²) in [6.45, 7) is 15.2. The van der Waals surface area contributed by atoms with Crippen molar-refractivity contribution in [3.63, 3.8) is 0 Å². The molecule has 6 N–H and O–H groups in total. The lowest BCUT2D eigenvalue weighted by Crippen LogP contribution is -2.53. The molecule has 3 amide bonds. The van der Waals surface area contributed by atoms with Gasteiger partial charge in [0.25, 0.3) is 11.8 Å². The largest absolute Gasteiger partial charge is 0.490 e. The van der Waals surface area contributed by atoms with Gasteiger partial charge in [0.2, 0.25) is 5.91 Å². The highest BCUT2D eigenvalue weighted by Gasteiger charge is 2.25. The number of pyridine rings is 2. The van der Waals surface area contributed by atoms with Crippen LogP contribution in [0.3, 0.4) is 0 Å². The SMILES string of the molecule is CC(C)Oc1ccc(C(=O)NC(CCO)Cc2ccc(-c3cn4cccc(C(C)C)c4n3)cc2)cc1C#N.CC(C)Oc1ccc(C(=O)NC(CNC(=O)C(C)(C)N)Cc2ccc(-c3cn4cccc(Br)c4n3)cc2)cc1C#N. The second-order valence-electron chi connectivity index (χ2n) is 20.8. The lowest BCUT2D eigenvalue weighted by atomic mass is 10.0. The van der Waals surface area contributed by atoms with E-state index in [1.165, 1.54) is 17.7 Å². The molecule has 8 aromatic rings. The third-order valence-electron chi connectivity index (χ3n) is 12.7. The second kappa shape index (κ2) is 26.3. The summed E-state index contributed by atoms with van der Waals surface area (Å²) in [6.07, 6.45) is 9.21. The van der Waals surface area contributed by atoms with Gasteiger partial charge in [0, 0.05) is 66.2 Å². The number of aliphatic hydroxyl groups is 1. The number of amides is 3. The van der Waals surface area contributed by atoms with Gasteiger partial charge in [-0.1, -0.05) is 68.4 Å². The van der Waals surface area contributed by atoms with Crippen LogP contribution in [0, 0.1) is 22.7 Å². The Kier molecular flexibility index (Phi) is 19.4. The van der Waals surface area contributed by atoms with Gasteiger partial charge in [-0.25, -0.2) is 9.97 Å². The Bertz CT molecular complexity index is 3510. The maximum Gasteiger partial charge on any atom is 0.251 e. The fourth-order valence-electron chi connectivity index (χ4n) is 8.70. The van der Waals surface area contributed by atoms with Crippen molar-refractivity contribution < 1.29 is 29.0 Å². The molecule has 0 aliphatic carbocycles. The van der Waals surface area contributed by atoms with E-state index in [0.717, 1.165) is 49.4 Å². The predicted octanol–water partition coefficient (Wildman–Crippen LogP) is 10.1. The van der Waals surface area contributed by atoms with Gasteiger partial charge in [0.05, 0.1) is 50.8 Å². The molecule has 0 aliphatic heterocycles. The number of hydrogen-bond donors (Lipinski definition) is 5. The molecule has 2 unspecified atom stereocenters. The molecule has 17 heteroatoms. The van der Waals surface area contributed by atoms with Crippen molar-refractivity contribution in [1.82, 2.24) is 34.7 Å². The number of carbonyl (C=O) groups excluding carboxylic acids is 3. The Morgan fingerprint density at radius 2 is 1.15 bits per heavy atom. The molecule has 0 saturated heterocycles. The molecule has 4 heterocycles. The minimum Gasteiger partial charge on any atom is -0.490 e. The molecular weight excluding hydrogens is 1060 g/mol. The molecule has 408 valence electrons. The highest BCUT2D eigenvalue weighted by atomic mass is 79.9. The molecular formula is C62H67BrN10O6. The third kappa shape index (κ3) is 15.4. The zero-order valence-electron chi connectivity index (χ0n) is 45.8. The normalized spacial score (nSPS) is 12.1. The zero-order valence-corrected chi connectivity index (χ0v) is 47.3. The van der Waals surface area contributed by atoms with E-state index < -0.39 is 11.6 Å². The van der Waals surface area contributed by atoms with Gasteiger partial charge in [0.15, 0.2) is 5.65 Å². The van der Waals surface area contributed by atoms with Crippen LogP contribution in [0.4, 0.5) is 0 Å². The van der Waals surface area contributed by atoms with E-state index in [4.69, 9.17) is 25.2 Å². The fourth-order valence-corrected chi connectivity index (χ4v) is 9.15. The van der Waals surface area contributed by atoms with E-state index in [9.17, 15) is 30.0 Å². The van der Waals surface area contributed by atoms with Crippen LogP contribution in [-0.2, 0) is 17.6 Å². The fraction of sp³-hybridized carbons (Fsp3) is 0.306. The number of imidazole rings is 2. The first kappa shape index (κ1) is 58.3. The Hall–Kier alpha value is -8.35. The Morgan fingerprint density at radius 3 is 1.61 bits per heavy atom. The Balaban J connectivity index is 0.000000229. The molecule has 4 aromatic heterocycles. The van der Waals surface area contributed by atoms with E-state index in [-0.39, 0.29) is 54.7 Å². The van der Waals surface area contributed by atoms with E-state index >= 15 is 0 Å². The van der Waals surface area contributed by atoms with Gasteiger partial charge >= 0.3 is 0 Å².